The van der Waals surface area contributed by atoms with Crippen LogP contribution in [0.5, 0.6) is 0 Å². The van der Waals surface area contributed by atoms with Gasteiger partial charge in [0.2, 0.25) is 0 Å². The molecule has 0 atom stereocenters. The normalized spacial score (nSPS) is 11.2. The molecule has 0 aromatic carbocycles. The molecule has 0 N–H and O–H groups in total. The van der Waals surface area contributed by atoms with E-state index in [-0.39, 0.29) is 0 Å². The third-order valence-electron chi connectivity index (χ3n) is 4.78. The molecule has 0 amide bonds. The Morgan fingerprint density at radius 2 is 0.609 bits per heavy atom. The van der Waals surface area contributed by atoms with Crippen molar-refractivity contribution in [2.24, 2.45) is 0 Å². The van der Waals surface area contributed by atoms with Gasteiger partial charge < -0.3 is 0 Å². The molecule has 0 fully saturated rings. The summed E-state index contributed by atoms with van der Waals surface area (Å²) in [6.45, 7) is 4.61. The van der Waals surface area contributed by atoms with E-state index in [1.54, 1.807) is 15.4 Å². The average molecular weight is 438 g/mol. The van der Waals surface area contributed by atoms with Crippen LogP contribution in [0.25, 0.3) is 0 Å². The van der Waals surface area contributed by atoms with Gasteiger partial charge in [-0.25, -0.2) is 0 Å². The van der Waals surface area contributed by atoms with Gasteiger partial charge in [0.25, 0.3) is 0 Å². The van der Waals surface area contributed by atoms with Crippen LogP contribution in [0.2, 0.25) is 8.94 Å². The van der Waals surface area contributed by atoms with E-state index in [4.69, 9.17) is 0 Å². The summed E-state index contributed by atoms with van der Waals surface area (Å²) in [5, 5.41) is 0. The standard InChI is InChI=1S/C22H46Te/c1-3-5-7-9-10-11-12-13-14-15-16-17-18-20-22-23-21-19-8-6-4-2/h3-22H2,1-2H3. The summed E-state index contributed by atoms with van der Waals surface area (Å²) in [6, 6.07) is 0. The van der Waals surface area contributed by atoms with Crippen LogP contribution < -0.4 is 0 Å². The molecule has 0 aliphatic carbocycles. The molecule has 0 saturated carbocycles. The Morgan fingerprint density at radius 3 is 0.957 bits per heavy atom. The zero-order valence-corrected chi connectivity index (χ0v) is 18.9. The molecule has 140 valence electrons. The molecule has 0 nitrogen and oxygen atoms in total. The third-order valence-corrected chi connectivity index (χ3v) is 8.08. The zero-order valence-electron chi connectivity index (χ0n) is 16.6. The van der Waals surface area contributed by atoms with Crippen LogP contribution in [0.4, 0.5) is 0 Å². The summed E-state index contributed by atoms with van der Waals surface area (Å²) >= 11 is 0.396. The van der Waals surface area contributed by atoms with Crippen molar-refractivity contribution in [1.29, 1.82) is 0 Å². The van der Waals surface area contributed by atoms with Gasteiger partial charge in [-0.3, -0.25) is 0 Å². The second-order valence-electron chi connectivity index (χ2n) is 7.27. The Hall–Kier alpha value is 0.790. The van der Waals surface area contributed by atoms with Crippen LogP contribution in [-0.4, -0.2) is 20.9 Å². The topological polar surface area (TPSA) is 0 Å². The summed E-state index contributed by atoms with van der Waals surface area (Å²) in [4.78, 5) is 0. The zero-order chi connectivity index (χ0) is 16.8. The van der Waals surface area contributed by atoms with Crippen LogP contribution in [0.15, 0.2) is 0 Å². The molecule has 0 rings (SSSR count). The van der Waals surface area contributed by atoms with E-state index < -0.39 is 0 Å². The number of hydrogen-bond acceptors (Lipinski definition) is 0. The van der Waals surface area contributed by atoms with Crippen molar-refractivity contribution >= 4 is 20.9 Å². The predicted molar refractivity (Wildman–Crippen MR) is 110 cm³/mol. The Morgan fingerprint density at radius 1 is 0.348 bits per heavy atom. The fraction of sp³-hybridized carbons (Fsp3) is 1.00. The Labute approximate surface area is 159 Å². The molecule has 0 spiro atoms. The summed E-state index contributed by atoms with van der Waals surface area (Å²) in [7, 11) is 0. The van der Waals surface area contributed by atoms with Crippen LogP contribution in [0.1, 0.15) is 129 Å². The summed E-state index contributed by atoms with van der Waals surface area (Å²) in [6.07, 6.45) is 26.7. The average Bonchev–Trinajstić information content (AvgIpc) is 2.57. The van der Waals surface area contributed by atoms with Crippen molar-refractivity contribution in [2.75, 3.05) is 0 Å². The molecule has 0 heterocycles. The van der Waals surface area contributed by atoms with Crippen molar-refractivity contribution < 1.29 is 0 Å². The van der Waals surface area contributed by atoms with Crippen LogP contribution >= 0.6 is 0 Å². The van der Waals surface area contributed by atoms with Crippen molar-refractivity contribution in [3.05, 3.63) is 0 Å². The van der Waals surface area contributed by atoms with Gasteiger partial charge in [-0.15, -0.1) is 0 Å². The van der Waals surface area contributed by atoms with E-state index >= 15 is 0 Å². The number of hydrogen-bond donors (Lipinski definition) is 0. The SMILES string of the molecule is CCCCCCCCCCCCCCCC[Te]CCCCCC. The molecule has 0 saturated heterocycles. The predicted octanol–water partition coefficient (Wildman–Crippen LogP) is 8.59. The monoisotopic (exact) mass is 440 g/mol. The van der Waals surface area contributed by atoms with Gasteiger partial charge >= 0.3 is 133 Å². The first-order valence-electron chi connectivity index (χ1n) is 11.0. The van der Waals surface area contributed by atoms with Gasteiger partial charge in [0.1, 0.15) is 0 Å². The van der Waals surface area contributed by atoms with Crippen molar-refractivity contribution in [2.45, 2.75) is 138 Å². The first kappa shape index (κ1) is 23.8. The Kier molecular flexibility index (Phi) is 23.6. The molecule has 0 aromatic rings. The second-order valence-corrected chi connectivity index (χ2v) is 10.8. The number of unbranched alkanes of at least 4 members (excludes halogenated alkanes) is 16. The van der Waals surface area contributed by atoms with E-state index in [0.29, 0.717) is 20.9 Å². The van der Waals surface area contributed by atoms with Gasteiger partial charge in [0, 0.05) is 0 Å². The summed E-state index contributed by atoms with van der Waals surface area (Å²) in [5.74, 6) is 0. The minimum absolute atomic E-state index is 0.396. The molecule has 1 heteroatoms. The maximum absolute atomic E-state index is 2.31. The van der Waals surface area contributed by atoms with Crippen LogP contribution in [-0.2, 0) is 0 Å². The van der Waals surface area contributed by atoms with Gasteiger partial charge in [0.15, 0.2) is 0 Å². The molecule has 0 aliphatic rings. The molecule has 23 heavy (non-hydrogen) atoms. The second kappa shape index (κ2) is 22.8. The summed E-state index contributed by atoms with van der Waals surface area (Å²) < 4.78 is 3.23. The number of rotatable bonds is 20. The van der Waals surface area contributed by atoms with E-state index in [9.17, 15) is 0 Å². The third kappa shape index (κ3) is 22.8. The molecule has 0 aromatic heterocycles. The molecule has 0 unspecified atom stereocenters. The molecular formula is C22H46Te. The minimum atomic E-state index is 0.396. The van der Waals surface area contributed by atoms with Gasteiger partial charge in [0.05, 0.1) is 0 Å². The Balaban J connectivity index is 2.92. The van der Waals surface area contributed by atoms with Crippen LogP contribution in [0.3, 0.4) is 0 Å². The quantitative estimate of drug-likeness (QED) is 0.132. The maximum atomic E-state index is 2.31. The first-order valence-corrected chi connectivity index (χ1v) is 14.3. The van der Waals surface area contributed by atoms with Gasteiger partial charge in [-0.2, -0.15) is 0 Å². The molecule has 0 bridgehead atoms. The van der Waals surface area contributed by atoms with Gasteiger partial charge in [-0.05, 0) is 0 Å². The van der Waals surface area contributed by atoms with E-state index in [1.165, 1.54) is 109 Å². The van der Waals surface area contributed by atoms with Crippen molar-refractivity contribution in [3.63, 3.8) is 0 Å². The molecule has 0 aliphatic heterocycles. The van der Waals surface area contributed by atoms with E-state index in [2.05, 4.69) is 13.8 Å². The summed E-state index contributed by atoms with van der Waals surface area (Å²) in [5.41, 5.74) is 0. The van der Waals surface area contributed by atoms with Gasteiger partial charge in [-0.1, -0.05) is 26.2 Å². The first-order chi connectivity index (χ1) is 11.4. The van der Waals surface area contributed by atoms with E-state index in [0.717, 1.165) is 0 Å². The van der Waals surface area contributed by atoms with Crippen molar-refractivity contribution in [3.8, 4) is 0 Å². The van der Waals surface area contributed by atoms with Crippen molar-refractivity contribution in [1.82, 2.24) is 0 Å². The fourth-order valence-electron chi connectivity index (χ4n) is 3.13. The fourth-order valence-corrected chi connectivity index (χ4v) is 6.04. The van der Waals surface area contributed by atoms with E-state index in [1.807, 2.05) is 0 Å². The Bertz CT molecular complexity index is 170. The molecular weight excluding hydrogens is 392 g/mol. The van der Waals surface area contributed by atoms with Crippen LogP contribution in [0, 0.1) is 0 Å². The molecule has 0 radical (unpaired) electrons.